The van der Waals surface area contributed by atoms with E-state index in [1.165, 1.54) is 0 Å². The molecule has 28 heavy (non-hydrogen) atoms. The Labute approximate surface area is 166 Å². The quantitative estimate of drug-likeness (QED) is 0.672. The van der Waals surface area contributed by atoms with Crippen molar-refractivity contribution in [1.29, 1.82) is 0 Å². The third kappa shape index (κ3) is 3.90. The lowest BCUT2D eigenvalue weighted by atomic mass is 9.94. The van der Waals surface area contributed by atoms with E-state index in [-0.39, 0.29) is 35.1 Å². The van der Waals surface area contributed by atoms with E-state index in [1.54, 1.807) is 38.1 Å². The summed E-state index contributed by atoms with van der Waals surface area (Å²) in [5, 5.41) is -0.197. The van der Waals surface area contributed by atoms with Crippen LogP contribution in [0.2, 0.25) is 5.02 Å². The van der Waals surface area contributed by atoms with Crippen LogP contribution >= 0.6 is 11.6 Å². The predicted octanol–water partition coefficient (Wildman–Crippen LogP) is 5.15. The van der Waals surface area contributed by atoms with Crippen LogP contribution in [0.3, 0.4) is 0 Å². The Morgan fingerprint density at radius 1 is 1.29 bits per heavy atom. The summed E-state index contributed by atoms with van der Waals surface area (Å²) in [6, 6.07) is 7.42. The number of aromatic nitrogens is 1. The topological polar surface area (TPSA) is 56.3 Å². The van der Waals surface area contributed by atoms with Crippen LogP contribution in [0.15, 0.2) is 41.4 Å². The molecule has 152 valence electrons. The molecule has 1 aromatic carbocycles. The molecule has 0 N–H and O–H groups in total. The molecular weight excluding hydrogens is 415 g/mol. The van der Waals surface area contributed by atoms with Gasteiger partial charge >= 0.3 is 6.18 Å². The SMILES string of the molecule is Cc1cccc(S(=O)(=O)C2(C)CCOC(c3ncc(C(F)(F)F)cc3Cl)C2)c1. The van der Waals surface area contributed by atoms with E-state index in [4.69, 9.17) is 16.3 Å². The number of hydrogen-bond acceptors (Lipinski definition) is 4. The first kappa shape index (κ1) is 21.1. The number of alkyl halides is 3. The highest BCUT2D eigenvalue weighted by Gasteiger charge is 2.46. The molecule has 2 unspecified atom stereocenters. The van der Waals surface area contributed by atoms with Gasteiger partial charge in [0.05, 0.1) is 25.9 Å². The first-order chi connectivity index (χ1) is 12.9. The second-order valence-corrected chi connectivity index (χ2v) is 10.0. The molecule has 2 atom stereocenters. The van der Waals surface area contributed by atoms with Crippen molar-refractivity contribution >= 4 is 21.4 Å². The average molecular weight is 434 g/mol. The van der Waals surface area contributed by atoms with E-state index in [9.17, 15) is 21.6 Å². The van der Waals surface area contributed by atoms with Gasteiger partial charge < -0.3 is 4.74 Å². The molecule has 0 spiro atoms. The molecule has 0 radical (unpaired) electrons. The number of nitrogens with zero attached hydrogens (tertiary/aromatic N) is 1. The molecule has 0 saturated carbocycles. The highest BCUT2D eigenvalue weighted by atomic mass is 35.5. The van der Waals surface area contributed by atoms with Crippen LogP contribution in [0.25, 0.3) is 0 Å². The summed E-state index contributed by atoms with van der Waals surface area (Å²) in [4.78, 5) is 4.04. The molecule has 9 heteroatoms. The molecule has 0 bridgehead atoms. The Bertz CT molecular complexity index is 994. The molecule has 3 rings (SSSR count). The van der Waals surface area contributed by atoms with Crippen LogP contribution in [-0.4, -0.2) is 24.8 Å². The summed E-state index contributed by atoms with van der Waals surface area (Å²) >= 11 is 6.02. The summed E-state index contributed by atoms with van der Waals surface area (Å²) in [5.74, 6) is 0. The zero-order chi connectivity index (χ0) is 20.7. The maximum atomic E-state index is 13.3. The van der Waals surface area contributed by atoms with Crippen molar-refractivity contribution in [3.8, 4) is 0 Å². The van der Waals surface area contributed by atoms with Crippen LogP contribution in [0, 0.1) is 6.92 Å². The molecule has 4 nitrogen and oxygen atoms in total. The van der Waals surface area contributed by atoms with E-state index < -0.39 is 32.4 Å². The maximum Gasteiger partial charge on any atom is 0.417 e. The second kappa shape index (κ2) is 7.31. The molecule has 2 heterocycles. The van der Waals surface area contributed by atoms with Crippen LogP contribution in [0.4, 0.5) is 13.2 Å². The molecule has 1 aliphatic heterocycles. The fraction of sp³-hybridized carbons (Fsp3) is 0.421. The smallest absolute Gasteiger partial charge is 0.372 e. The maximum absolute atomic E-state index is 13.3. The number of pyridine rings is 1. The zero-order valence-corrected chi connectivity index (χ0v) is 16.8. The Morgan fingerprint density at radius 3 is 2.61 bits per heavy atom. The number of halogens is 4. The summed E-state index contributed by atoms with van der Waals surface area (Å²) in [7, 11) is -3.70. The molecule has 1 aromatic heterocycles. The minimum atomic E-state index is -4.56. The van der Waals surface area contributed by atoms with Crippen molar-refractivity contribution in [3.63, 3.8) is 0 Å². The van der Waals surface area contributed by atoms with Gasteiger partial charge in [0.1, 0.15) is 6.10 Å². The van der Waals surface area contributed by atoms with Gasteiger partial charge in [-0.1, -0.05) is 23.7 Å². The average Bonchev–Trinajstić information content (AvgIpc) is 2.60. The predicted molar refractivity (Wildman–Crippen MR) is 98.9 cm³/mol. The van der Waals surface area contributed by atoms with E-state index in [2.05, 4.69) is 4.98 Å². The number of rotatable bonds is 3. The second-order valence-electron chi connectivity index (χ2n) is 7.17. The number of aryl methyl sites for hydroxylation is 1. The molecule has 2 aromatic rings. The lowest BCUT2D eigenvalue weighted by Crippen LogP contribution is -2.42. The normalized spacial score (nSPS) is 23.6. The van der Waals surface area contributed by atoms with Crippen molar-refractivity contribution in [2.75, 3.05) is 6.61 Å². The molecule has 1 fully saturated rings. The number of ether oxygens (including phenoxy) is 1. The Balaban J connectivity index is 1.94. The largest absolute Gasteiger partial charge is 0.417 e. The number of hydrogen-bond donors (Lipinski definition) is 0. The van der Waals surface area contributed by atoms with Crippen molar-refractivity contribution in [3.05, 3.63) is 58.4 Å². The third-order valence-corrected chi connectivity index (χ3v) is 7.86. The van der Waals surface area contributed by atoms with Gasteiger partial charge in [-0.2, -0.15) is 13.2 Å². The Kier molecular flexibility index (Phi) is 5.51. The first-order valence-corrected chi connectivity index (χ1v) is 10.5. The third-order valence-electron chi connectivity index (χ3n) is 5.02. The molecular formula is C19H19ClF3NO3S. The molecule has 1 aliphatic rings. The van der Waals surface area contributed by atoms with Crippen molar-refractivity contribution < 1.29 is 26.3 Å². The number of sulfone groups is 1. The fourth-order valence-corrected chi connectivity index (χ4v) is 5.48. The minimum Gasteiger partial charge on any atom is -0.372 e. The van der Waals surface area contributed by atoms with Crippen molar-refractivity contribution in [2.24, 2.45) is 0 Å². The molecule has 0 amide bonds. The van der Waals surface area contributed by atoms with Gasteiger partial charge in [0.15, 0.2) is 9.84 Å². The zero-order valence-electron chi connectivity index (χ0n) is 15.3. The van der Waals surface area contributed by atoms with E-state index >= 15 is 0 Å². The minimum absolute atomic E-state index is 0.0430. The lowest BCUT2D eigenvalue weighted by molar-refractivity contribution is -0.137. The Morgan fingerprint density at radius 2 is 2.00 bits per heavy atom. The first-order valence-electron chi connectivity index (χ1n) is 8.60. The van der Waals surface area contributed by atoms with Crippen LogP contribution < -0.4 is 0 Å². The summed E-state index contributed by atoms with van der Waals surface area (Å²) < 4.78 is 69.5. The van der Waals surface area contributed by atoms with Crippen molar-refractivity contribution in [2.45, 2.75) is 48.6 Å². The van der Waals surface area contributed by atoms with Gasteiger partial charge in [-0.05, 0) is 50.5 Å². The van der Waals surface area contributed by atoms with Crippen molar-refractivity contribution in [1.82, 2.24) is 4.98 Å². The van der Waals surface area contributed by atoms with E-state index in [1.807, 2.05) is 0 Å². The highest BCUT2D eigenvalue weighted by Crippen LogP contribution is 2.43. The number of benzene rings is 1. The van der Waals surface area contributed by atoms with Gasteiger partial charge in [0.25, 0.3) is 0 Å². The van der Waals surface area contributed by atoms with Gasteiger partial charge in [-0.15, -0.1) is 0 Å². The Hall–Kier alpha value is -1.64. The fourth-order valence-electron chi connectivity index (χ4n) is 3.30. The van der Waals surface area contributed by atoms with Gasteiger partial charge in [-0.3, -0.25) is 4.98 Å². The summed E-state index contributed by atoms with van der Waals surface area (Å²) in [6.45, 7) is 3.56. The van der Waals surface area contributed by atoms with Gasteiger partial charge in [-0.25, -0.2) is 8.42 Å². The van der Waals surface area contributed by atoms with Crippen LogP contribution in [0.5, 0.6) is 0 Å². The monoisotopic (exact) mass is 433 g/mol. The van der Waals surface area contributed by atoms with E-state index in [0.29, 0.717) is 6.20 Å². The van der Waals surface area contributed by atoms with Crippen LogP contribution in [0.1, 0.15) is 42.7 Å². The van der Waals surface area contributed by atoms with Crippen LogP contribution in [-0.2, 0) is 20.8 Å². The summed E-state index contributed by atoms with van der Waals surface area (Å²) in [5.41, 5.74) is -0.0343. The standard InChI is InChI=1S/C19H19ClF3NO3S/c1-12-4-3-5-14(8-12)28(25,26)18(2)6-7-27-16(10-18)17-15(20)9-13(11-24-17)19(21,22)23/h3-5,8-9,11,16H,6-7,10H2,1-2H3. The molecule has 1 saturated heterocycles. The summed E-state index contributed by atoms with van der Waals surface area (Å²) in [6.07, 6.45) is -4.38. The van der Waals surface area contributed by atoms with Gasteiger partial charge in [0.2, 0.25) is 0 Å². The van der Waals surface area contributed by atoms with E-state index in [0.717, 1.165) is 11.6 Å². The lowest BCUT2D eigenvalue weighted by Gasteiger charge is -2.37. The molecule has 0 aliphatic carbocycles. The highest BCUT2D eigenvalue weighted by molar-refractivity contribution is 7.92. The van der Waals surface area contributed by atoms with Gasteiger partial charge in [0, 0.05) is 12.8 Å².